The largest absolute Gasteiger partial charge is 0.368 e. The van der Waals surface area contributed by atoms with Crippen LogP contribution in [0.1, 0.15) is 48.5 Å². The number of carbonyl (C=O) groups is 3. The van der Waals surface area contributed by atoms with Crippen LogP contribution in [0.15, 0.2) is 24.3 Å². The van der Waals surface area contributed by atoms with Crippen molar-refractivity contribution in [3.8, 4) is 0 Å². The van der Waals surface area contributed by atoms with Crippen LogP contribution in [0.3, 0.4) is 0 Å². The minimum atomic E-state index is -0.302. The highest BCUT2D eigenvalue weighted by atomic mass is 16.5. The van der Waals surface area contributed by atoms with E-state index in [1.54, 1.807) is 9.80 Å². The van der Waals surface area contributed by atoms with Gasteiger partial charge < -0.3 is 14.5 Å². The van der Waals surface area contributed by atoms with Crippen LogP contribution in [0.5, 0.6) is 0 Å². The molecule has 0 saturated carbocycles. The molecule has 2 heterocycles. The molecule has 1 aromatic carbocycles. The number of aryl methyl sites for hydroxylation is 1. The maximum absolute atomic E-state index is 12.4. The zero-order valence-electron chi connectivity index (χ0n) is 16.0. The standard InChI is InChI=1S/C21H28N2O4/c1-2-16-5-7-17(8-6-16)18(24)9-10-20(25)22-11-13-23(14-12-22)21(26)19-4-3-15-27-19/h5-8,19H,2-4,9-15H2,1H3. The molecular weight excluding hydrogens is 344 g/mol. The number of Topliss-reactive ketones (excluding diaryl/α,β-unsaturated/α-hetero) is 1. The molecule has 0 aromatic heterocycles. The third-order valence-corrected chi connectivity index (χ3v) is 5.40. The van der Waals surface area contributed by atoms with Gasteiger partial charge in [0.25, 0.3) is 5.91 Å². The van der Waals surface area contributed by atoms with Crippen LogP contribution in [-0.4, -0.2) is 66.3 Å². The second kappa shape index (κ2) is 9.13. The summed E-state index contributed by atoms with van der Waals surface area (Å²) in [5, 5.41) is 0. The lowest BCUT2D eigenvalue weighted by atomic mass is 10.0. The summed E-state index contributed by atoms with van der Waals surface area (Å²) in [5.41, 5.74) is 1.85. The van der Waals surface area contributed by atoms with E-state index in [0.29, 0.717) is 38.3 Å². The Labute approximate surface area is 160 Å². The summed E-state index contributed by atoms with van der Waals surface area (Å²) in [5.74, 6) is 0.0289. The molecule has 2 aliphatic rings. The first-order chi connectivity index (χ1) is 13.1. The summed E-state index contributed by atoms with van der Waals surface area (Å²) in [7, 11) is 0. The minimum Gasteiger partial charge on any atom is -0.368 e. The van der Waals surface area contributed by atoms with Crippen molar-refractivity contribution >= 4 is 17.6 Å². The zero-order chi connectivity index (χ0) is 19.2. The van der Waals surface area contributed by atoms with E-state index in [0.717, 1.165) is 19.3 Å². The fourth-order valence-electron chi connectivity index (χ4n) is 3.60. The van der Waals surface area contributed by atoms with E-state index in [9.17, 15) is 14.4 Å². The third kappa shape index (κ3) is 4.95. The number of carbonyl (C=O) groups excluding carboxylic acids is 3. The van der Waals surface area contributed by atoms with E-state index in [-0.39, 0.29) is 36.5 Å². The molecule has 6 nitrogen and oxygen atoms in total. The number of hydrogen-bond acceptors (Lipinski definition) is 4. The molecule has 0 aliphatic carbocycles. The summed E-state index contributed by atoms with van der Waals surface area (Å²) in [6.07, 6.45) is 2.80. The SMILES string of the molecule is CCc1ccc(C(=O)CCC(=O)N2CCN(C(=O)C3CCCO3)CC2)cc1. The number of amides is 2. The van der Waals surface area contributed by atoms with Crippen molar-refractivity contribution in [2.45, 2.75) is 45.1 Å². The van der Waals surface area contributed by atoms with E-state index in [1.807, 2.05) is 24.3 Å². The lowest BCUT2D eigenvalue weighted by molar-refractivity contribution is -0.146. The van der Waals surface area contributed by atoms with Gasteiger partial charge in [0.05, 0.1) is 0 Å². The van der Waals surface area contributed by atoms with Gasteiger partial charge in [-0.1, -0.05) is 31.2 Å². The van der Waals surface area contributed by atoms with Gasteiger partial charge in [0.2, 0.25) is 5.91 Å². The minimum absolute atomic E-state index is 0.00167. The zero-order valence-corrected chi connectivity index (χ0v) is 16.0. The Hall–Kier alpha value is -2.21. The molecule has 2 fully saturated rings. The Morgan fingerprint density at radius 2 is 1.67 bits per heavy atom. The fraction of sp³-hybridized carbons (Fsp3) is 0.571. The summed E-state index contributed by atoms with van der Waals surface area (Å²) in [6, 6.07) is 7.58. The van der Waals surface area contributed by atoms with Gasteiger partial charge in [0, 0.05) is 51.2 Å². The van der Waals surface area contributed by atoms with Crippen molar-refractivity contribution in [1.82, 2.24) is 9.80 Å². The predicted molar refractivity (Wildman–Crippen MR) is 102 cm³/mol. The van der Waals surface area contributed by atoms with Crippen molar-refractivity contribution in [1.29, 1.82) is 0 Å². The van der Waals surface area contributed by atoms with Gasteiger partial charge in [0.15, 0.2) is 5.78 Å². The molecule has 1 aromatic rings. The Balaban J connectivity index is 1.42. The molecule has 1 unspecified atom stereocenters. The molecule has 2 saturated heterocycles. The second-order valence-corrected chi connectivity index (χ2v) is 7.18. The van der Waals surface area contributed by atoms with Crippen molar-refractivity contribution in [3.05, 3.63) is 35.4 Å². The van der Waals surface area contributed by atoms with E-state index in [4.69, 9.17) is 4.74 Å². The molecule has 27 heavy (non-hydrogen) atoms. The Bertz CT molecular complexity index is 672. The average Bonchev–Trinajstić information content (AvgIpc) is 3.26. The van der Waals surface area contributed by atoms with Crippen molar-refractivity contribution in [2.75, 3.05) is 32.8 Å². The number of ether oxygens (including phenoxy) is 1. The highest BCUT2D eigenvalue weighted by Crippen LogP contribution is 2.16. The van der Waals surface area contributed by atoms with Crippen LogP contribution in [0, 0.1) is 0 Å². The lowest BCUT2D eigenvalue weighted by Gasteiger charge is -2.35. The summed E-state index contributed by atoms with van der Waals surface area (Å²) in [4.78, 5) is 40.6. The molecule has 0 bridgehead atoms. The first-order valence-electron chi connectivity index (χ1n) is 9.88. The topological polar surface area (TPSA) is 66.9 Å². The van der Waals surface area contributed by atoms with Crippen LogP contribution in [0.4, 0.5) is 0 Å². The average molecular weight is 372 g/mol. The number of benzene rings is 1. The van der Waals surface area contributed by atoms with Gasteiger partial charge in [0.1, 0.15) is 6.10 Å². The molecule has 1 atom stereocenters. The van der Waals surface area contributed by atoms with Crippen LogP contribution >= 0.6 is 0 Å². The molecular formula is C21H28N2O4. The summed E-state index contributed by atoms with van der Waals surface area (Å²) >= 11 is 0. The molecule has 0 radical (unpaired) electrons. The molecule has 0 spiro atoms. The van der Waals surface area contributed by atoms with Gasteiger partial charge in [-0.3, -0.25) is 14.4 Å². The van der Waals surface area contributed by atoms with Gasteiger partial charge >= 0.3 is 0 Å². The maximum atomic E-state index is 12.4. The number of ketones is 1. The molecule has 146 valence electrons. The van der Waals surface area contributed by atoms with Crippen LogP contribution in [0.2, 0.25) is 0 Å². The van der Waals surface area contributed by atoms with E-state index in [1.165, 1.54) is 5.56 Å². The smallest absolute Gasteiger partial charge is 0.251 e. The highest BCUT2D eigenvalue weighted by molar-refractivity contribution is 5.98. The van der Waals surface area contributed by atoms with E-state index < -0.39 is 0 Å². The van der Waals surface area contributed by atoms with Crippen LogP contribution in [0.25, 0.3) is 0 Å². The molecule has 2 amide bonds. The number of piperazine rings is 1. The van der Waals surface area contributed by atoms with E-state index >= 15 is 0 Å². The number of hydrogen-bond donors (Lipinski definition) is 0. The Morgan fingerprint density at radius 3 is 2.26 bits per heavy atom. The number of nitrogens with zero attached hydrogens (tertiary/aromatic N) is 2. The normalized spacial score (nSPS) is 20.0. The second-order valence-electron chi connectivity index (χ2n) is 7.18. The van der Waals surface area contributed by atoms with Crippen LogP contribution < -0.4 is 0 Å². The lowest BCUT2D eigenvalue weighted by Crippen LogP contribution is -2.52. The fourth-order valence-corrected chi connectivity index (χ4v) is 3.60. The van der Waals surface area contributed by atoms with Crippen LogP contribution in [-0.2, 0) is 20.7 Å². The van der Waals surface area contributed by atoms with Gasteiger partial charge in [-0.2, -0.15) is 0 Å². The molecule has 3 rings (SSSR count). The van der Waals surface area contributed by atoms with Crippen molar-refractivity contribution in [3.63, 3.8) is 0 Å². The monoisotopic (exact) mass is 372 g/mol. The molecule has 6 heteroatoms. The van der Waals surface area contributed by atoms with Crippen molar-refractivity contribution in [2.24, 2.45) is 0 Å². The first kappa shape index (κ1) is 19.5. The number of rotatable bonds is 6. The quantitative estimate of drug-likeness (QED) is 0.717. The maximum Gasteiger partial charge on any atom is 0.251 e. The Morgan fingerprint density at radius 1 is 1.00 bits per heavy atom. The molecule has 0 N–H and O–H groups in total. The van der Waals surface area contributed by atoms with E-state index in [2.05, 4.69) is 6.92 Å². The third-order valence-electron chi connectivity index (χ3n) is 5.40. The summed E-state index contributed by atoms with van der Waals surface area (Å²) < 4.78 is 5.45. The molecule has 2 aliphatic heterocycles. The van der Waals surface area contributed by atoms with Gasteiger partial charge in [-0.15, -0.1) is 0 Å². The van der Waals surface area contributed by atoms with Gasteiger partial charge in [-0.25, -0.2) is 0 Å². The highest BCUT2D eigenvalue weighted by Gasteiger charge is 2.31. The predicted octanol–water partition coefficient (Wildman–Crippen LogP) is 2.06. The Kier molecular flexibility index (Phi) is 6.61. The first-order valence-corrected chi connectivity index (χ1v) is 9.88. The van der Waals surface area contributed by atoms with Crippen molar-refractivity contribution < 1.29 is 19.1 Å². The summed E-state index contributed by atoms with van der Waals surface area (Å²) in [6.45, 7) is 4.86. The van der Waals surface area contributed by atoms with Gasteiger partial charge in [-0.05, 0) is 24.8 Å².